The lowest BCUT2D eigenvalue weighted by Gasteiger charge is -2.31. The number of amides is 2. The van der Waals surface area contributed by atoms with Gasteiger partial charge in [0.05, 0.1) is 12.6 Å². The molecule has 164 valence electrons. The van der Waals surface area contributed by atoms with Gasteiger partial charge >= 0.3 is 0 Å². The lowest BCUT2D eigenvalue weighted by molar-refractivity contribution is -0.133. The van der Waals surface area contributed by atoms with Gasteiger partial charge in [-0.1, -0.05) is 66.3 Å². The van der Waals surface area contributed by atoms with Crippen molar-refractivity contribution in [1.82, 2.24) is 15.5 Å². The van der Waals surface area contributed by atoms with E-state index in [1.54, 1.807) is 0 Å². The molecule has 2 amide bonds. The van der Waals surface area contributed by atoms with Crippen LogP contribution in [0.4, 0.5) is 0 Å². The SMILES string of the molecule is O=C(NCC(=O)N1CCC(=C2c3ccccc3C=Cc3ccccc32)CC1)C1CCCN1. The van der Waals surface area contributed by atoms with Gasteiger partial charge in [-0.3, -0.25) is 9.59 Å². The highest BCUT2D eigenvalue weighted by molar-refractivity contribution is 5.95. The highest BCUT2D eigenvalue weighted by Crippen LogP contribution is 2.38. The molecule has 0 radical (unpaired) electrons. The number of hydrogen-bond donors (Lipinski definition) is 2. The molecule has 0 spiro atoms. The quantitative estimate of drug-likeness (QED) is 0.673. The molecule has 2 heterocycles. The first-order valence-corrected chi connectivity index (χ1v) is 11.6. The van der Waals surface area contributed by atoms with Crippen LogP contribution in [0, 0.1) is 0 Å². The third-order valence-corrected chi connectivity index (χ3v) is 6.77. The molecule has 5 nitrogen and oxygen atoms in total. The monoisotopic (exact) mass is 427 g/mol. The van der Waals surface area contributed by atoms with Crippen LogP contribution in [-0.4, -0.2) is 48.9 Å². The summed E-state index contributed by atoms with van der Waals surface area (Å²) in [5.74, 6) is -0.0569. The Morgan fingerprint density at radius 3 is 2.16 bits per heavy atom. The number of likely N-dealkylation sites (tertiary alicyclic amines) is 1. The summed E-state index contributed by atoms with van der Waals surface area (Å²) in [6.07, 6.45) is 7.95. The number of benzene rings is 2. The Morgan fingerprint density at radius 1 is 0.938 bits per heavy atom. The fraction of sp³-hybridized carbons (Fsp3) is 0.333. The van der Waals surface area contributed by atoms with E-state index in [0.717, 1.165) is 32.2 Å². The number of fused-ring (bicyclic) bond motifs is 2. The summed E-state index contributed by atoms with van der Waals surface area (Å²) in [6.45, 7) is 2.33. The molecule has 0 bridgehead atoms. The first-order chi connectivity index (χ1) is 15.7. The molecule has 0 aromatic heterocycles. The molecule has 1 aliphatic carbocycles. The molecule has 1 unspecified atom stereocenters. The van der Waals surface area contributed by atoms with Gasteiger partial charge in [0.25, 0.3) is 0 Å². The van der Waals surface area contributed by atoms with Gasteiger partial charge in [0.2, 0.25) is 11.8 Å². The Balaban J connectivity index is 1.32. The van der Waals surface area contributed by atoms with Crippen LogP contribution in [0.3, 0.4) is 0 Å². The molecule has 5 heteroatoms. The van der Waals surface area contributed by atoms with Crippen LogP contribution in [-0.2, 0) is 9.59 Å². The van der Waals surface area contributed by atoms with E-state index in [2.05, 4.69) is 71.3 Å². The van der Waals surface area contributed by atoms with E-state index < -0.39 is 0 Å². The van der Waals surface area contributed by atoms with E-state index in [9.17, 15) is 9.59 Å². The predicted octanol–water partition coefficient (Wildman–Crippen LogP) is 3.46. The topological polar surface area (TPSA) is 61.4 Å². The maximum absolute atomic E-state index is 12.7. The van der Waals surface area contributed by atoms with Crippen molar-refractivity contribution in [3.8, 4) is 0 Å². The van der Waals surface area contributed by atoms with Crippen LogP contribution in [0.1, 0.15) is 47.9 Å². The van der Waals surface area contributed by atoms with Crippen LogP contribution in [0.5, 0.6) is 0 Å². The molecule has 1 atom stereocenters. The molecule has 2 saturated heterocycles. The molecule has 3 aliphatic rings. The minimum absolute atomic E-state index is 0.00345. The Kier molecular flexibility index (Phi) is 5.91. The smallest absolute Gasteiger partial charge is 0.241 e. The van der Waals surface area contributed by atoms with E-state index in [0.29, 0.717) is 13.1 Å². The van der Waals surface area contributed by atoms with E-state index in [1.807, 2.05) is 4.90 Å². The Labute approximate surface area is 189 Å². The fourth-order valence-corrected chi connectivity index (χ4v) is 5.03. The van der Waals surface area contributed by atoms with Crippen molar-refractivity contribution in [2.24, 2.45) is 0 Å². The van der Waals surface area contributed by atoms with E-state index in [-0.39, 0.29) is 24.4 Å². The highest BCUT2D eigenvalue weighted by atomic mass is 16.2. The first-order valence-electron chi connectivity index (χ1n) is 11.6. The number of carbonyl (C=O) groups excluding carboxylic acids is 2. The van der Waals surface area contributed by atoms with Crippen molar-refractivity contribution < 1.29 is 9.59 Å². The molecule has 2 aromatic rings. The number of nitrogens with zero attached hydrogens (tertiary/aromatic N) is 1. The average Bonchev–Trinajstić information content (AvgIpc) is 3.33. The van der Waals surface area contributed by atoms with Crippen LogP contribution in [0.15, 0.2) is 54.1 Å². The third-order valence-electron chi connectivity index (χ3n) is 6.77. The summed E-state index contributed by atoms with van der Waals surface area (Å²) in [6, 6.07) is 16.9. The van der Waals surface area contributed by atoms with Gasteiger partial charge in [-0.05, 0) is 60.1 Å². The summed E-state index contributed by atoms with van der Waals surface area (Å²) in [5.41, 5.74) is 7.70. The zero-order chi connectivity index (χ0) is 21.9. The molecular weight excluding hydrogens is 398 g/mol. The minimum Gasteiger partial charge on any atom is -0.346 e. The minimum atomic E-state index is -0.149. The number of hydrogen-bond acceptors (Lipinski definition) is 3. The third kappa shape index (κ3) is 4.13. The van der Waals surface area contributed by atoms with Gasteiger partial charge < -0.3 is 15.5 Å². The van der Waals surface area contributed by atoms with Gasteiger partial charge in [0.1, 0.15) is 0 Å². The normalized spacial score (nSPS) is 19.9. The Bertz CT molecular complexity index is 1030. The van der Waals surface area contributed by atoms with Crippen LogP contribution in [0.2, 0.25) is 0 Å². The van der Waals surface area contributed by atoms with Gasteiger partial charge in [-0.25, -0.2) is 0 Å². The molecular formula is C27H29N3O2. The molecule has 5 rings (SSSR count). The molecule has 2 aliphatic heterocycles. The van der Waals surface area contributed by atoms with Crippen molar-refractivity contribution in [3.05, 3.63) is 76.4 Å². The second-order valence-electron chi connectivity index (χ2n) is 8.73. The first kappa shape index (κ1) is 20.7. The fourth-order valence-electron chi connectivity index (χ4n) is 5.03. The second kappa shape index (κ2) is 9.13. The highest BCUT2D eigenvalue weighted by Gasteiger charge is 2.26. The average molecular weight is 428 g/mol. The largest absolute Gasteiger partial charge is 0.346 e. The molecule has 2 fully saturated rings. The maximum atomic E-state index is 12.7. The van der Waals surface area contributed by atoms with Crippen molar-refractivity contribution in [2.75, 3.05) is 26.2 Å². The molecule has 0 saturated carbocycles. The molecule has 2 aromatic carbocycles. The van der Waals surface area contributed by atoms with Crippen LogP contribution in [0.25, 0.3) is 17.7 Å². The summed E-state index contributed by atoms with van der Waals surface area (Å²) in [4.78, 5) is 26.8. The predicted molar refractivity (Wildman–Crippen MR) is 128 cm³/mol. The van der Waals surface area contributed by atoms with Crippen molar-refractivity contribution in [3.63, 3.8) is 0 Å². The Hall–Kier alpha value is -3.18. The number of rotatable bonds is 3. The van der Waals surface area contributed by atoms with Gasteiger partial charge in [-0.2, -0.15) is 0 Å². The van der Waals surface area contributed by atoms with Gasteiger partial charge in [0.15, 0.2) is 0 Å². The zero-order valence-electron chi connectivity index (χ0n) is 18.3. The number of carbonyl (C=O) groups is 2. The van der Waals surface area contributed by atoms with Crippen LogP contribution < -0.4 is 10.6 Å². The van der Waals surface area contributed by atoms with Crippen molar-refractivity contribution in [1.29, 1.82) is 0 Å². The van der Waals surface area contributed by atoms with Gasteiger partial charge in [0, 0.05) is 13.1 Å². The summed E-state index contributed by atoms with van der Waals surface area (Å²) in [5, 5.41) is 5.99. The number of piperidine rings is 1. The summed E-state index contributed by atoms with van der Waals surface area (Å²) < 4.78 is 0. The molecule has 32 heavy (non-hydrogen) atoms. The summed E-state index contributed by atoms with van der Waals surface area (Å²) in [7, 11) is 0. The second-order valence-corrected chi connectivity index (χ2v) is 8.73. The van der Waals surface area contributed by atoms with Crippen molar-refractivity contribution in [2.45, 2.75) is 31.7 Å². The van der Waals surface area contributed by atoms with Crippen LogP contribution >= 0.6 is 0 Å². The lowest BCUT2D eigenvalue weighted by Crippen LogP contribution is -2.47. The summed E-state index contributed by atoms with van der Waals surface area (Å²) >= 11 is 0. The number of nitrogens with one attached hydrogen (secondary N) is 2. The van der Waals surface area contributed by atoms with E-state index in [4.69, 9.17) is 0 Å². The van der Waals surface area contributed by atoms with Crippen molar-refractivity contribution >= 4 is 29.5 Å². The van der Waals surface area contributed by atoms with E-state index in [1.165, 1.54) is 33.4 Å². The van der Waals surface area contributed by atoms with E-state index >= 15 is 0 Å². The molecule has 2 N–H and O–H groups in total. The zero-order valence-corrected chi connectivity index (χ0v) is 18.3. The standard InChI is InChI=1S/C27H29N3O2/c31-25(18-29-27(32)24-10-5-15-28-24)30-16-13-21(14-17-30)26-22-8-3-1-6-19(22)11-12-20-7-2-4-9-23(20)26/h1-4,6-9,11-12,24,28H,5,10,13-18H2,(H,29,32). The lowest BCUT2D eigenvalue weighted by atomic mass is 9.86. The van der Waals surface area contributed by atoms with Gasteiger partial charge in [-0.15, -0.1) is 0 Å². The Morgan fingerprint density at radius 2 is 1.56 bits per heavy atom. The maximum Gasteiger partial charge on any atom is 0.241 e.